The van der Waals surface area contributed by atoms with Gasteiger partial charge < -0.3 is 24.7 Å². The number of nitrogens with zero attached hydrogens (tertiary/aromatic N) is 2. The van der Waals surface area contributed by atoms with Gasteiger partial charge in [-0.05, 0) is 43.2 Å². The van der Waals surface area contributed by atoms with Gasteiger partial charge in [-0.15, -0.1) is 0 Å². The van der Waals surface area contributed by atoms with Crippen LogP contribution in [0.1, 0.15) is 76.7 Å². The van der Waals surface area contributed by atoms with E-state index in [0.29, 0.717) is 42.6 Å². The van der Waals surface area contributed by atoms with E-state index in [9.17, 15) is 19.8 Å². The SMILES string of the molecule is CCC/C=C/CCOC(=O)c1c(O)cc(O)cc1C/C(C)=N/OCC(=O)N(CC(C)C)CC(C)C. The van der Waals surface area contributed by atoms with Crippen LogP contribution in [0.25, 0.3) is 0 Å². The molecule has 0 aliphatic rings. The molecule has 0 fully saturated rings. The van der Waals surface area contributed by atoms with Crippen LogP contribution in [0, 0.1) is 11.8 Å². The topological polar surface area (TPSA) is 109 Å². The Morgan fingerprint density at radius 2 is 1.69 bits per heavy atom. The maximum absolute atomic E-state index is 12.6. The highest BCUT2D eigenvalue weighted by Gasteiger charge is 2.20. The predicted molar refractivity (Wildman–Crippen MR) is 138 cm³/mol. The summed E-state index contributed by atoms with van der Waals surface area (Å²) >= 11 is 0. The van der Waals surface area contributed by atoms with E-state index >= 15 is 0 Å². The Bertz CT molecular complexity index is 867. The van der Waals surface area contributed by atoms with E-state index in [1.54, 1.807) is 11.8 Å². The third kappa shape index (κ3) is 11.8. The fourth-order valence-corrected chi connectivity index (χ4v) is 3.49. The van der Waals surface area contributed by atoms with Gasteiger partial charge in [0.2, 0.25) is 0 Å². The molecular formula is C27H42N2O6. The maximum atomic E-state index is 12.6. The van der Waals surface area contributed by atoms with E-state index in [1.807, 2.05) is 12.2 Å². The first-order valence-electron chi connectivity index (χ1n) is 12.3. The number of aromatic hydroxyl groups is 2. The summed E-state index contributed by atoms with van der Waals surface area (Å²) in [6.45, 7) is 13.3. The minimum atomic E-state index is -0.677. The zero-order valence-corrected chi connectivity index (χ0v) is 22.0. The normalized spacial score (nSPS) is 11.9. The van der Waals surface area contributed by atoms with E-state index in [2.05, 4.69) is 39.8 Å². The largest absolute Gasteiger partial charge is 0.508 e. The molecule has 1 amide bonds. The lowest BCUT2D eigenvalue weighted by molar-refractivity contribution is -0.137. The van der Waals surface area contributed by atoms with Crippen molar-refractivity contribution in [2.75, 3.05) is 26.3 Å². The van der Waals surface area contributed by atoms with Gasteiger partial charge in [0.1, 0.15) is 17.1 Å². The number of phenolic OH excluding ortho intramolecular Hbond substituents is 2. The van der Waals surface area contributed by atoms with Crippen molar-refractivity contribution in [1.29, 1.82) is 0 Å². The average molecular weight is 491 g/mol. The summed E-state index contributed by atoms with van der Waals surface area (Å²) in [4.78, 5) is 32.3. The summed E-state index contributed by atoms with van der Waals surface area (Å²) in [5.74, 6) is -0.690. The van der Waals surface area contributed by atoms with Crippen LogP contribution in [0.2, 0.25) is 0 Å². The van der Waals surface area contributed by atoms with Crippen LogP contribution < -0.4 is 0 Å². The number of unbranched alkanes of at least 4 members (excludes halogenated alkanes) is 1. The van der Waals surface area contributed by atoms with Crippen LogP contribution in [-0.4, -0.2) is 59.0 Å². The van der Waals surface area contributed by atoms with Gasteiger partial charge in [0.15, 0.2) is 6.61 Å². The van der Waals surface area contributed by atoms with Crippen LogP contribution in [-0.2, 0) is 20.8 Å². The molecule has 0 spiro atoms. The van der Waals surface area contributed by atoms with Crippen LogP contribution in [0.3, 0.4) is 0 Å². The summed E-state index contributed by atoms with van der Waals surface area (Å²) < 4.78 is 5.30. The molecule has 0 saturated carbocycles. The van der Waals surface area contributed by atoms with Gasteiger partial charge in [-0.1, -0.05) is 58.3 Å². The molecule has 0 heterocycles. The second kappa shape index (κ2) is 15.8. The van der Waals surface area contributed by atoms with E-state index < -0.39 is 5.97 Å². The van der Waals surface area contributed by atoms with Crippen molar-refractivity contribution in [3.8, 4) is 11.5 Å². The van der Waals surface area contributed by atoms with Gasteiger partial charge in [0.05, 0.1) is 12.3 Å². The van der Waals surface area contributed by atoms with Crippen LogP contribution in [0.15, 0.2) is 29.4 Å². The quantitative estimate of drug-likeness (QED) is 0.117. The molecule has 0 unspecified atom stereocenters. The third-order valence-corrected chi connectivity index (χ3v) is 4.91. The second-order valence-corrected chi connectivity index (χ2v) is 9.55. The Morgan fingerprint density at radius 1 is 1.06 bits per heavy atom. The lowest BCUT2D eigenvalue weighted by atomic mass is 10.0. The monoisotopic (exact) mass is 490 g/mol. The molecule has 0 radical (unpaired) electrons. The van der Waals surface area contributed by atoms with Crippen molar-refractivity contribution in [1.82, 2.24) is 4.90 Å². The van der Waals surface area contributed by atoms with Gasteiger partial charge in [-0.25, -0.2) is 4.79 Å². The molecule has 1 aromatic rings. The highest BCUT2D eigenvalue weighted by Crippen LogP contribution is 2.28. The molecule has 1 rings (SSSR count). The Hall–Kier alpha value is -3.03. The molecule has 196 valence electrons. The number of rotatable bonds is 15. The summed E-state index contributed by atoms with van der Waals surface area (Å²) in [6, 6.07) is 2.48. The molecule has 8 heteroatoms. The number of esters is 1. The fourth-order valence-electron chi connectivity index (χ4n) is 3.49. The van der Waals surface area contributed by atoms with Crippen molar-refractivity contribution >= 4 is 17.6 Å². The van der Waals surface area contributed by atoms with Gasteiger partial charge in [-0.2, -0.15) is 0 Å². The number of ether oxygens (including phenoxy) is 1. The van der Waals surface area contributed by atoms with Crippen LogP contribution in [0.4, 0.5) is 0 Å². The van der Waals surface area contributed by atoms with Crippen LogP contribution in [0.5, 0.6) is 11.5 Å². The molecule has 1 aromatic carbocycles. The van der Waals surface area contributed by atoms with Gasteiger partial charge in [-0.3, -0.25) is 4.79 Å². The fraction of sp³-hybridized carbons (Fsp3) is 0.593. The predicted octanol–water partition coefficient (Wildman–Crippen LogP) is 5.08. The summed E-state index contributed by atoms with van der Waals surface area (Å²) in [6.07, 6.45) is 6.70. The number of amides is 1. The molecular weight excluding hydrogens is 448 g/mol. The molecule has 0 bridgehead atoms. The first kappa shape index (κ1) is 30.0. The number of phenols is 2. The molecule has 8 nitrogen and oxygen atoms in total. The van der Waals surface area contributed by atoms with Crippen molar-refractivity contribution in [2.45, 2.75) is 67.2 Å². The number of benzene rings is 1. The van der Waals surface area contributed by atoms with E-state index in [-0.39, 0.29) is 42.6 Å². The molecule has 0 aliphatic heterocycles. The molecule has 0 saturated heterocycles. The maximum Gasteiger partial charge on any atom is 0.342 e. The Kier molecular flexibility index (Phi) is 13.5. The first-order chi connectivity index (χ1) is 16.5. The van der Waals surface area contributed by atoms with Crippen LogP contribution >= 0.6 is 0 Å². The number of allylic oxidation sites excluding steroid dienone is 1. The minimum Gasteiger partial charge on any atom is -0.508 e. The van der Waals surface area contributed by atoms with Crippen molar-refractivity contribution in [3.63, 3.8) is 0 Å². The highest BCUT2D eigenvalue weighted by atomic mass is 16.6. The highest BCUT2D eigenvalue weighted by molar-refractivity contribution is 5.96. The zero-order chi connectivity index (χ0) is 26.4. The standard InChI is InChI=1S/C27H42N2O6/c1-7-8-9-10-11-12-34-27(33)26-22(14-23(30)15-24(26)31)13-21(6)28-35-18-25(32)29(16-19(2)3)17-20(4)5/h9-10,14-15,19-20,30-31H,7-8,11-13,16-18H2,1-6H3/b10-9+,28-21+. The summed E-state index contributed by atoms with van der Waals surface area (Å²) in [7, 11) is 0. The van der Waals surface area contributed by atoms with Crippen molar-refractivity contribution < 1.29 is 29.4 Å². The van der Waals surface area contributed by atoms with E-state index in [4.69, 9.17) is 9.57 Å². The van der Waals surface area contributed by atoms with Gasteiger partial charge in [0.25, 0.3) is 5.91 Å². The van der Waals surface area contributed by atoms with Gasteiger partial charge >= 0.3 is 5.97 Å². The number of carbonyl (C=O) groups excluding carboxylic acids is 2. The number of hydrogen-bond acceptors (Lipinski definition) is 7. The average Bonchev–Trinajstić information content (AvgIpc) is 2.74. The van der Waals surface area contributed by atoms with E-state index in [0.717, 1.165) is 18.9 Å². The Morgan fingerprint density at radius 3 is 2.29 bits per heavy atom. The molecule has 35 heavy (non-hydrogen) atoms. The lowest BCUT2D eigenvalue weighted by Crippen LogP contribution is -2.39. The number of oxime groups is 1. The second-order valence-electron chi connectivity index (χ2n) is 9.55. The Labute approximate surface area is 209 Å². The zero-order valence-electron chi connectivity index (χ0n) is 22.0. The first-order valence-corrected chi connectivity index (χ1v) is 12.3. The Balaban J connectivity index is 2.82. The number of hydrogen-bond donors (Lipinski definition) is 2. The smallest absolute Gasteiger partial charge is 0.342 e. The third-order valence-electron chi connectivity index (χ3n) is 4.91. The molecule has 2 N–H and O–H groups in total. The van der Waals surface area contributed by atoms with E-state index in [1.165, 1.54) is 6.07 Å². The molecule has 0 aromatic heterocycles. The summed E-state index contributed by atoms with van der Waals surface area (Å²) in [5, 5.41) is 24.2. The van der Waals surface area contributed by atoms with Crippen molar-refractivity contribution in [3.05, 3.63) is 35.4 Å². The van der Waals surface area contributed by atoms with Gasteiger partial charge in [0, 0.05) is 25.6 Å². The minimum absolute atomic E-state index is 0.0222. The number of carbonyl (C=O) groups is 2. The summed E-state index contributed by atoms with van der Waals surface area (Å²) in [5.41, 5.74) is 0.802. The van der Waals surface area contributed by atoms with Crippen molar-refractivity contribution in [2.24, 2.45) is 17.0 Å². The molecule has 0 atom stereocenters. The molecule has 0 aliphatic carbocycles. The lowest BCUT2D eigenvalue weighted by Gasteiger charge is -2.25.